The minimum atomic E-state index is -1.37. The van der Waals surface area contributed by atoms with E-state index in [2.05, 4.69) is 5.43 Å². The van der Waals surface area contributed by atoms with Crippen LogP contribution in [0.3, 0.4) is 0 Å². The first-order chi connectivity index (χ1) is 13.0. The molecule has 0 fully saturated rings. The highest BCUT2D eigenvalue weighted by Gasteiger charge is 2.30. The minimum Gasteiger partial charge on any atom is -0.480 e. The second kappa shape index (κ2) is 9.22. The van der Waals surface area contributed by atoms with E-state index in [-0.39, 0.29) is 13.0 Å². The van der Waals surface area contributed by atoms with Crippen molar-refractivity contribution in [1.82, 2.24) is 10.4 Å². The Morgan fingerprint density at radius 3 is 2.19 bits per heavy atom. The molecule has 0 bridgehead atoms. The van der Waals surface area contributed by atoms with Crippen molar-refractivity contribution in [1.29, 1.82) is 0 Å². The Kier molecular flexibility index (Phi) is 6.19. The fourth-order valence-corrected chi connectivity index (χ4v) is 2.29. The monoisotopic (exact) mass is 357 g/mol. The molecule has 7 heteroatoms. The molecule has 0 aliphatic rings. The summed E-state index contributed by atoms with van der Waals surface area (Å²) in [6.07, 6.45) is -0.999. The van der Waals surface area contributed by atoms with Gasteiger partial charge in [0.15, 0.2) is 6.04 Å². The number of nitrogens with one attached hydrogen (secondary N) is 1. The van der Waals surface area contributed by atoms with Crippen LogP contribution >= 0.6 is 0 Å². The highest BCUT2D eigenvalue weighted by atomic mass is 16.6. The molecule has 26 heavy (non-hydrogen) atoms. The lowest BCUT2D eigenvalue weighted by Gasteiger charge is -2.27. The number of carboxylic acids is 1. The van der Waals surface area contributed by atoms with Crippen LogP contribution in [-0.4, -0.2) is 34.1 Å². The lowest BCUT2D eigenvalue weighted by atomic mass is 10.1. The quantitative estimate of drug-likeness (QED) is 0.774. The standard InChI is InChI=1S/C19H20N2O5/c1-14(22)21(17(18(23)24)12-15-8-4-2-5-9-15)20-19(25)26-13-16-10-6-3-7-11-16/h2-11,17H,12-13H2,1H3,(H,20,25)(H,23,24)/t17-/m0/s1/i1D. The van der Waals surface area contributed by atoms with E-state index < -0.39 is 30.9 Å². The van der Waals surface area contributed by atoms with Gasteiger partial charge < -0.3 is 9.84 Å². The molecule has 0 heterocycles. The number of amides is 2. The summed E-state index contributed by atoms with van der Waals surface area (Å²) in [4.78, 5) is 35.8. The smallest absolute Gasteiger partial charge is 0.426 e. The third-order valence-corrected chi connectivity index (χ3v) is 3.56. The van der Waals surface area contributed by atoms with Crippen molar-refractivity contribution in [2.75, 3.05) is 0 Å². The van der Waals surface area contributed by atoms with Gasteiger partial charge in [0.05, 0.1) is 0 Å². The molecular weight excluding hydrogens is 336 g/mol. The van der Waals surface area contributed by atoms with Crippen molar-refractivity contribution >= 4 is 18.0 Å². The lowest BCUT2D eigenvalue weighted by Crippen LogP contribution is -2.55. The van der Waals surface area contributed by atoms with Crippen molar-refractivity contribution in [3.05, 3.63) is 71.8 Å². The minimum absolute atomic E-state index is 0.0269. The Labute approximate surface area is 152 Å². The molecule has 2 rings (SSSR count). The number of rotatable bonds is 6. The van der Waals surface area contributed by atoms with E-state index in [1.807, 2.05) is 6.07 Å². The number of carbonyl (C=O) groups excluding carboxylic acids is 2. The van der Waals surface area contributed by atoms with Gasteiger partial charge in [0.25, 0.3) is 0 Å². The second-order valence-corrected chi connectivity index (χ2v) is 5.48. The van der Waals surface area contributed by atoms with E-state index >= 15 is 0 Å². The predicted octanol–water partition coefficient (Wildman–Crippen LogP) is 2.37. The average Bonchev–Trinajstić information content (AvgIpc) is 2.69. The first-order valence-electron chi connectivity index (χ1n) is 8.57. The summed E-state index contributed by atoms with van der Waals surface area (Å²) in [6.45, 7) is -0.746. The topological polar surface area (TPSA) is 95.9 Å². The molecule has 0 spiro atoms. The van der Waals surface area contributed by atoms with Gasteiger partial charge in [-0.2, -0.15) is 0 Å². The summed E-state index contributed by atoms with van der Waals surface area (Å²) >= 11 is 0. The summed E-state index contributed by atoms with van der Waals surface area (Å²) in [5.74, 6) is -2.15. The molecule has 2 aromatic rings. The van der Waals surface area contributed by atoms with Gasteiger partial charge in [-0.3, -0.25) is 4.79 Å². The molecule has 0 unspecified atom stereocenters. The fraction of sp³-hybridized carbons (Fsp3) is 0.211. The molecule has 1 atom stereocenters. The van der Waals surface area contributed by atoms with Gasteiger partial charge in [-0.1, -0.05) is 60.7 Å². The Bertz CT molecular complexity index is 770. The zero-order valence-corrected chi connectivity index (χ0v) is 14.0. The van der Waals surface area contributed by atoms with Crippen LogP contribution in [0.15, 0.2) is 60.7 Å². The van der Waals surface area contributed by atoms with Crippen LogP contribution in [0.5, 0.6) is 0 Å². The molecule has 0 saturated carbocycles. The summed E-state index contributed by atoms with van der Waals surface area (Å²) in [5, 5.41) is 10.2. The molecule has 0 aromatic heterocycles. The molecule has 0 radical (unpaired) electrons. The van der Waals surface area contributed by atoms with E-state index in [4.69, 9.17) is 6.11 Å². The number of ether oxygens (including phenoxy) is 1. The average molecular weight is 357 g/mol. The maximum Gasteiger partial charge on any atom is 0.426 e. The maximum absolute atomic E-state index is 12.1. The van der Waals surface area contributed by atoms with Crippen LogP contribution in [0.1, 0.15) is 19.4 Å². The molecule has 136 valence electrons. The summed E-state index contributed by atoms with van der Waals surface area (Å²) in [5.41, 5.74) is 3.58. The molecular formula is C19H20N2O5. The Morgan fingerprint density at radius 1 is 1.08 bits per heavy atom. The third-order valence-electron chi connectivity index (χ3n) is 3.56. The number of benzene rings is 2. The predicted molar refractivity (Wildman–Crippen MR) is 93.9 cm³/mol. The van der Waals surface area contributed by atoms with Crippen LogP contribution in [0.2, 0.25) is 0 Å². The number of carboxylic acid groups (broad SMARTS) is 1. The van der Waals surface area contributed by atoms with E-state index in [0.717, 1.165) is 5.56 Å². The van der Waals surface area contributed by atoms with Gasteiger partial charge in [-0.05, 0) is 11.1 Å². The van der Waals surface area contributed by atoms with E-state index in [9.17, 15) is 19.5 Å². The van der Waals surface area contributed by atoms with Gasteiger partial charge in [0, 0.05) is 14.7 Å². The van der Waals surface area contributed by atoms with Crippen LogP contribution in [0.4, 0.5) is 4.79 Å². The zero-order valence-electron chi connectivity index (χ0n) is 15.0. The Morgan fingerprint density at radius 2 is 1.65 bits per heavy atom. The van der Waals surface area contributed by atoms with Gasteiger partial charge in [-0.15, -0.1) is 0 Å². The van der Waals surface area contributed by atoms with Gasteiger partial charge in [-0.25, -0.2) is 20.0 Å². The molecule has 7 nitrogen and oxygen atoms in total. The highest BCUT2D eigenvalue weighted by Crippen LogP contribution is 2.09. The number of carbonyl (C=O) groups is 3. The molecule has 2 N–H and O–H groups in total. The van der Waals surface area contributed by atoms with E-state index in [0.29, 0.717) is 10.6 Å². The van der Waals surface area contributed by atoms with Crippen LogP contribution < -0.4 is 5.43 Å². The number of nitrogens with zero attached hydrogens (tertiary/aromatic N) is 1. The maximum atomic E-state index is 12.1. The first kappa shape index (κ1) is 17.5. The molecule has 0 saturated heterocycles. The highest BCUT2D eigenvalue weighted by molar-refractivity contribution is 5.84. The normalized spacial score (nSPS) is 11.8. The summed E-state index contributed by atoms with van der Waals surface area (Å²) in [6, 6.07) is 16.2. The second-order valence-electron chi connectivity index (χ2n) is 5.48. The Hall–Kier alpha value is -3.35. The number of hydrogen-bond acceptors (Lipinski definition) is 4. The van der Waals surface area contributed by atoms with Crippen molar-refractivity contribution in [3.63, 3.8) is 0 Å². The molecule has 0 aliphatic heterocycles. The number of hydrogen-bond donors (Lipinski definition) is 2. The number of aliphatic carboxylic acids is 1. The lowest BCUT2D eigenvalue weighted by molar-refractivity contribution is -0.151. The third kappa shape index (κ3) is 5.62. The van der Waals surface area contributed by atoms with Gasteiger partial charge >= 0.3 is 12.1 Å². The van der Waals surface area contributed by atoms with Crippen LogP contribution in [-0.2, 0) is 27.4 Å². The molecule has 2 amide bonds. The van der Waals surface area contributed by atoms with Crippen LogP contribution in [0, 0.1) is 0 Å². The molecule has 2 aromatic carbocycles. The van der Waals surface area contributed by atoms with Crippen molar-refractivity contribution < 1.29 is 25.6 Å². The fourth-order valence-electron chi connectivity index (χ4n) is 2.29. The largest absolute Gasteiger partial charge is 0.480 e. The zero-order chi connectivity index (χ0) is 19.6. The van der Waals surface area contributed by atoms with E-state index in [1.54, 1.807) is 54.6 Å². The SMILES string of the molecule is [2H]CC(=O)N(NC(=O)OCc1ccccc1)[C@@H](Cc1ccccc1)C(=O)O. The van der Waals surface area contributed by atoms with Crippen molar-refractivity contribution in [2.45, 2.75) is 26.0 Å². The van der Waals surface area contributed by atoms with Gasteiger partial charge in [0.1, 0.15) is 6.61 Å². The van der Waals surface area contributed by atoms with Gasteiger partial charge in [0.2, 0.25) is 5.91 Å². The van der Waals surface area contributed by atoms with Crippen LogP contribution in [0.25, 0.3) is 0 Å². The van der Waals surface area contributed by atoms with Crippen molar-refractivity contribution in [2.24, 2.45) is 0 Å². The Balaban J connectivity index is 2.08. The number of hydrazine groups is 1. The van der Waals surface area contributed by atoms with E-state index in [1.165, 1.54) is 0 Å². The summed E-state index contributed by atoms with van der Waals surface area (Å²) < 4.78 is 12.3. The first-order valence-corrected chi connectivity index (χ1v) is 7.86. The van der Waals surface area contributed by atoms with Crippen molar-refractivity contribution in [3.8, 4) is 0 Å². The molecule has 0 aliphatic carbocycles. The summed E-state index contributed by atoms with van der Waals surface area (Å²) in [7, 11) is 0.